The predicted molar refractivity (Wildman–Crippen MR) is 81.9 cm³/mol. The van der Waals surface area contributed by atoms with Crippen molar-refractivity contribution in [3.05, 3.63) is 35.9 Å². The third-order valence-electron chi connectivity index (χ3n) is 3.28. The van der Waals surface area contributed by atoms with Crippen molar-refractivity contribution < 1.29 is 14.3 Å². The van der Waals surface area contributed by atoms with Gasteiger partial charge in [0.1, 0.15) is 5.60 Å². The second-order valence-electron chi connectivity index (χ2n) is 6.47. The number of carbonyl (C=O) groups is 1. The fourth-order valence-corrected chi connectivity index (χ4v) is 2.39. The van der Waals surface area contributed by atoms with E-state index >= 15 is 0 Å². The van der Waals surface area contributed by atoms with E-state index in [-0.39, 0.29) is 5.97 Å². The van der Waals surface area contributed by atoms with Crippen molar-refractivity contribution in [2.45, 2.75) is 45.4 Å². The fourth-order valence-electron chi connectivity index (χ4n) is 2.39. The third kappa shape index (κ3) is 5.48. The first-order valence-corrected chi connectivity index (χ1v) is 7.55. The number of carbonyl (C=O) groups excluding carboxylic acids is 1. The van der Waals surface area contributed by atoms with Crippen LogP contribution in [0, 0.1) is 0 Å². The number of hydrogen-bond donors (Lipinski definition) is 0. The van der Waals surface area contributed by atoms with Crippen molar-refractivity contribution in [3.63, 3.8) is 0 Å². The molecule has 0 aromatic heterocycles. The number of benzene rings is 1. The molecule has 1 aromatic rings. The van der Waals surface area contributed by atoms with Crippen molar-refractivity contribution >= 4 is 5.97 Å². The van der Waals surface area contributed by atoms with Gasteiger partial charge in [-0.15, -0.1) is 0 Å². The van der Waals surface area contributed by atoms with Crippen molar-refractivity contribution in [1.29, 1.82) is 0 Å². The molecule has 1 heterocycles. The SMILES string of the molecule is CC(C)(C)OC(=O)[C@@H]1CN(Cc2ccccc2)CCCO1. The highest BCUT2D eigenvalue weighted by Crippen LogP contribution is 2.15. The van der Waals surface area contributed by atoms with E-state index in [1.54, 1.807) is 0 Å². The first-order chi connectivity index (χ1) is 9.94. The Morgan fingerprint density at radius 2 is 2.05 bits per heavy atom. The average molecular weight is 291 g/mol. The summed E-state index contributed by atoms with van der Waals surface area (Å²) >= 11 is 0. The summed E-state index contributed by atoms with van der Waals surface area (Å²) in [5.74, 6) is -0.262. The minimum Gasteiger partial charge on any atom is -0.458 e. The Morgan fingerprint density at radius 1 is 1.33 bits per heavy atom. The molecule has 0 N–H and O–H groups in total. The van der Waals surface area contributed by atoms with Crippen LogP contribution in [-0.4, -0.2) is 42.3 Å². The summed E-state index contributed by atoms with van der Waals surface area (Å²) in [6, 6.07) is 10.3. The Labute approximate surface area is 127 Å². The summed E-state index contributed by atoms with van der Waals surface area (Å²) in [5.41, 5.74) is 0.777. The van der Waals surface area contributed by atoms with Crippen molar-refractivity contribution in [3.8, 4) is 0 Å². The molecule has 0 aliphatic carbocycles. The highest BCUT2D eigenvalue weighted by atomic mass is 16.6. The van der Waals surface area contributed by atoms with Crippen LogP contribution in [-0.2, 0) is 20.8 Å². The van der Waals surface area contributed by atoms with E-state index < -0.39 is 11.7 Å². The molecule has 1 aliphatic heterocycles. The Morgan fingerprint density at radius 3 is 2.71 bits per heavy atom. The Balaban J connectivity index is 1.96. The zero-order valence-electron chi connectivity index (χ0n) is 13.2. The van der Waals surface area contributed by atoms with Gasteiger partial charge in [0.05, 0.1) is 0 Å². The van der Waals surface area contributed by atoms with Gasteiger partial charge in [-0.2, -0.15) is 0 Å². The molecule has 4 heteroatoms. The molecule has 0 radical (unpaired) electrons. The highest BCUT2D eigenvalue weighted by Gasteiger charge is 2.29. The van der Waals surface area contributed by atoms with E-state index in [4.69, 9.17) is 9.47 Å². The lowest BCUT2D eigenvalue weighted by Crippen LogP contribution is -2.40. The number of nitrogens with zero attached hydrogens (tertiary/aromatic N) is 1. The lowest BCUT2D eigenvalue weighted by atomic mass is 10.2. The third-order valence-corrected chi connectivity index (χ3v) is 3.28. The van der Waals surface area contributed by atoms with Crippen LogP contribution in [0.1, 0.15) is 32.8 Å². The molecule has 0 unspecified atom stereocenters. The summed E-state index contributed by atoms with van der Waals surface area (Å²) in [4.78, 5) is 14.5. The smallest absolute Gasteiger partial charge is 0.337 e. The zero-order chi connectivity index (χ0) is 15.3. The van der Waals surface area contributed by atoms with Crippen molar-refractivity contribution in [1.82, 2.24) is 4.90 Å². The van der Waals surface area contributed by atoms with Gasteiger partial charge in [-0.25, -0.2) is 4.79 Å². The van der Waals surface area contributed by atoms with Crippen LogP contribution in [0.4, 0.5) is 0 Å². The lowest BCUT2D eigenvalue weighted by Gasteiger charge is -2.26. The van der Waals surface area contributed by atoms with Crippen LogP contribution in [0.25, 0.3) is 0 Å². The zero-order valence-corrected chi connectivity index (χ0v) is 13.2. The quantitative estimate of drug-likeness (QED) is 0.803. The number of ether oxygens (including phenoxy) is 2. The van der Waals surface area contributed by atoms with Crippen LogP contribution in [0.5, 0.6) is 0 Å². The van der Waals surface area contributed by atoms with E-state index in [0.29, 0.717) is 13.2 Å². The summed E-state index contributed by atoms with van der Waals surface area (Å²) in [6.45, 7) is 8.60. The first kappa shape index (κ1) is 16.0. The van der Waals surface area contributed by atoms with Crippen molar-refractivity contribution in [2.75, 3.05) is 19.7 Å². The summed E-state index contributed by atoms with van der Waals surface area (Å²) in [6.07, 6.45) is 0.446. The minimum atomic E-state index is -0.490. The Bertz CT molecular complexity index is 453. The molecule has 21 heavy (non-hydrogen) atoms. The molecule has 1 fully saturated rings. The van der Waals surface area contributed by atoms with E-state index in [2.05, 4.69) is 17.0 Å². The molecule has 116 valence electrons. The molecule has 2 rings (SSSR count). The van der Waals surface area contributed by atoms with Gasteiger partial charge in [0, 0.05) is 26.2 Å². The highest BCUT2D eigenvalue weighted by molar-refractivity contribution is 5.75. The van der Waals surface area contributed by atoms with Gasteiger partial charge >= 0.3 is 5.97 Å². The van der Waals surface area contributed by atoms with Crippen LogP contribution < -0.4 is 0 Å². The van der Waals surface area contributed by atoms with Gasteiger partial charge in [0.25, 0.3) is 0 Å². The van der Waals surface area contributed by atoms with Crippen LogP contribution >= 0.6 is 0 Å². The largest absolute Gasteiger partial charge is 0.458 e. The van der Waals surface area contributed by atoms with Gasteiger partial charge in [0.15, 0.2) is 6.10 Å². The topological polar surface area (TPSA) is 38.8 Å². The summed E-state index contributed by atoms with van der Waals surface area (Å²) in [5, 5.41) is 0. The number of esters is 1. The van der Waals surface area contributed by atoms with E-state index in [1.807, 2.05) is 39.0 Å². The molecule has 1 aromatic carbocycles. The monoisotopic (exact) mass is 291 g/mol. The molecule has 1 atom stereocenters. The van der Waals surface area contributed by atoms with E-state index in [1.165, 1.54) is 5.56 Å². The molecule has 0 amide bonds. The molecule has 4 nitrogen and oxygen atoms in total. The normalized spacial score (nSPS) is 20.8. The van der Waals surface area contributed by atoms with Crippen LogP contribution in [0.2, 0.25) is 0 Å². The van der Waals surface area contributed by atoms with Gasteiger partial charge in [-0.3, -0.25) is 4.90 Å². The lowest BCUT2D eigenvalue weighted by molar-refractivity contribution is -0.168. The van der Waals surface area contributed by atoms with Crippen molar-refractivity contribution in [2.24, 2.45) is 0 Å². The van der Waals surface area contributed by atoms with Gasteiger partial charge in [-0.05, 0) is 32.8 Å². The van der Waals surface area contributed by atoms with Gasteiger partial charge in [-0.1, -0.05) is 30.3 Å². The Kier molecular flexibility index (Phi) is 5.37. The second kappa shape index (κ2) is 7.05. The van der Waals surface area contributed by atoms with E-state index in [9.17, 15) is 4.79 Å². The number of hydrogen-bond acceptors (Lipinski definition) is 4. The predicted octanol–water partition coefficient (Wildman–Crippen LogP) is 2.62. The summed E-state index contributed by atoms with van der Waals surface area (Å²) < 4.78 is 11.1. The molecule has 1 saturated heterocycles. The fraction of sp³-hybridized carbons (Fsp3) is 0.588. The molecule has 0 bridgehead atoms. The maximum absolute atomic E-state index is 12.2. The average Bonchev–Trinajstić information content (AvgIpc) is 2.64. The maximum atomic E-state index is 12.2. The Hall–Kier alpha value is -1.39. The standard InChI is InChI=1S/C17H25NO3/c1-17(2,3)21-16(19)15-13-18(10-7-11-20-15)12-14-8-5-4-6-9-14/h4-6,8-9,15H,7,10-13H2,1-3H3/t15-/m0/s1. The first-order valence-electron chi connectivity index (χ1n) is 7.55. The second-order valence-corrected chi connectivity index (χ2v) is 6.47. The minimum absolute atomic E-state index is 0.262. The maximum Gasteiger partial charge on any atom is 0.337 e. The molecule has 0 saturated carbocycles. The number of rotatable bonds is 3. The molecule has 0 spiro atoms. The van der Waals surface area contributed by atoms with Gasteiger partial charge < -0.3 is 9.47 Å². The molecular weight excluding hydrogens is 266 g/mol. The van der Waals surface area contributed by atoms with Gasteiger partial charge in [0.2, 0.25) is 0 Å². The van der Waals surface area contributed by atoms with Crippen LogP contribution in [0.15, 0.2) is 30.3 Å². The molecule has 1 aliphatic rings. The van der Waals surface area contributed by atoms with Crippen LogP contribution in [0.3, 0.4) is 0 Å². The molecular formula is C17H25NO3. The summed E-state index contributed by atoms with van der Waals surface area (Å²) in [7, 11) is 0. The van der Waals surface area contributed by atoms with E-state index in [0.717, 1.165) is 19.5 Å².